The van der Waals surface area contributed by atoms with Gasteiger partial charge in [0.05, 0.1) is 40.8 Å². The first-order chi connectivity index (χ1) is 23.5. The van der Waals surface area contributed by atoms with Gasteiger partial charge in [-0.2, -0.15) is 0 Å². The summed E-state index contributed by atoms with van der Waals surface area (Å²) in [6, 6.07) is 0. The molecule has 0 aromatic carbocycles. The van der Waals surface area contributed by atoms with Crippen LogP contribution < -0.4 is 13.7 Å². The van der Waals surface area contributed by atoms with Crippen LogP contribution in [0, 0.1) is 0 Å². The fourth-order valence-corrected chi connectivity index (χ4v) is 4.04. The highest BCUT2D eigenvalue weighted by Crippen LogP contribution is 2.08. The summed E-state index contributed by atoms with van der Waals surface area (Å²) in [5.74, 6) is 0. The van der Waals surface area contributed by atoms with E-state index >= 15 is 0 Å². The van der Waals surface area contributed by atoms with E-state index in [1.54, 1.807) is 0 Å². The van der Waals surface area contributed by atoms with Crippen LogP contribution in [0.25, 0.3) is 0 Å². The summed E-state index contributed by atoms with van der Waals surface area (Å²) in [6.07, 6.45) is 35.2. The van der Waals surface area contributed by atoms with Crippen LogP contribution in [0.4, 0.5) is 51.8 Å². The van der Waals surface area contributed by atoms with E-state index in [4.69, 9.17) is 0 Å². The molecule has 3 rings (SSSR count). The molecule has 0 saturated heterocycles. The molecular weight excluding hydrogens is 705 g/mol. The van der Waals surface area contributed by atoms with Gasteiger partial charge in [0.25, 0.3) is 0 Å². The van der Waals surface area contributed by atoms with Gasteiger partial charge in [-0.15, -0.1) is 0 Å². The van der Waals surface area contributed by atoms with Crippen molar-refractivity contribution in [1.82, 2.24) is 13.7 Å². The molecule has 0 N–H and O–H groups in total. The average molecular weight is 762 g/mol. The van der Waals surface area contributed by atoms with Crippen LogP contribution in [-0.2, 0) is 40.8 Å². The number of halogens is 12. The maximum Gasteiger partial charge on any atom is 0.673 e. The molecule has 0 radical (unpaired) electrons. The molecular formula is C30H57B3F12N6. The van der Waals surface area contributed by atoms with Crippen LogP contribution in [0.3, 0.4) is 0 Å². The van der Waals surface area contributed by atoms with Crippen molar-refractivity contribution >= 4 is 21.8 Å². The van der Waals surface area contributed by atoms with Crippen molar-refractivity contribution in [1.29, 1.82) is 0 Å². The Hall–Kier alpha value is -3.02. The minimum Gasteiger partial charge on any atom is -0.418 e. The molecule has 3 aromatic heterocycles. The fraction of sp³-hybridized carbons (Fsp3) is 0.700. The molecule has 300 valence electrons. The Balaban J connectivity index is -0.000000572. The lowest BCUT2D eigenvalue weighted by atomic mass is 10.1. The second kappa shape index (κ2) is 30.6. The van der Waals surface area contributed by atoms with E-state index in [9.17, 15) is 51.8 Å². The number of imidazole rings is 3. The molecule has 0 unspecified atom stereocenters. The third-order valence-electron chi connectivity index (χ3n) is 6.28. The molecule has 0 fully saturated rings. The minimum absolute atomic E-state index is 1.15. The van der Waals surface area contributed by atoms with Crippen molar-refractivity contribution in [3.8, 4) is 0 Å². The Bertz CT molecular complexity index is 1140. The molecule has 21 heteroatoms. The molecule has 0 bridgehead atoms. The zero-order chi connectivity index (χ0) is 39.9. The zero-order valence-corrected chi connectivity index (χ0v) is 30.8. The number of hydrogen-bond donors (Lipinski definition) is 0. The van der Waals surface area contributed by atoms with Crippen LogP contribution in [0.15, 0.2) is 56.2 Å². The molecule has 0 aliphatic rings. The van der Waals surface area contributed by atoms with Crippen molar-refractivity contribution < 1.29 is 65.5 Å². The van der Waals surface area contributed by atoms with E-state index in [-0.39, 0.29) is 0 Å². The lowest BCUT2D eigenvalue weighted by molar-refractivity contribution is -0.671. The number of nitrogens with zero attached hydrogens (tertiary/aromatic N) is 6. The van der Waals surface area contributed by atoms with E-state index < -0.39 is 21.8 Å². The van der Waals surface area contributed by atoms with E-state index in [1.165, 1.54) is 90.1 Å². The second-order valence-electron chi connectivity index (χ2n) is 11.6. The molecule has 0 saturated carbocycles. The van der Waals surface area contributed by atoms with E-state index in [0.29, 0.717) is 0 Å². The Labute approximate surface area is 295 Å². The monoisotopic (exact) mass is 762 g/mol. The van der Waals surface area contributed by atoms with Gasteiger partial charge < -0.3 is 51.8 Å². The quantitative estimate of drug-likeness (QED) is 0.0639. The minimum atomic E-state index is -6.00. The maximum atomic E-state index is 9.75. The van der Waals surface area contributed by atoms with Crippen LogP contribution >= 0.6 is 0 Å². The number of aryl methyl sites for hydroxylation is 6. The van der Waals surface area contributed by atoms with Crippen molar-refractivity contribution in [2.24, 2.45) is 21.1 Å². The van der Waals surface area contributed by atoms with Gasteiger partial charge in [-0.25, -0.2) is 27.4 Å². The number of unbranched alkanes of at least 4 members (excludes halogenated alkanes) is 9. The predicted molar refractivity (Wildman–Crippen MR) is 180 cm³/mol. The highest BCUT2D eigenvalue weighted by atomic mass is 19.5. The van der Waals surface area contributed by atoms with Gasteiger partial charge in [0.15, 0.2) is 0 Å². The summed E-state index contributed by atoms with van der Waals surface area (Å²) in [5, 5.41) is 0. The van der Waals surface area contributed by atoms with Gasteiger partial charge in [0.1, 0.15) is 37.2 Å². The molecule has 0 amide bonds. The van der Waals surface area contributed by atoms with Crippen LogP contribution in [-0.4, -0.2) is 35.5 Å². The van der Waals surface area contributed by atoms with E-state index in [0.717, 1.165) is 6.54 Å². The Morgan fingerprint density at radius 1 is 0.373 bits per heavy atom. The molecule has 0 aliphatic carbocycles. The second-order valence-corrected chi connectivity index (χ2v) is 11.6. The first kappa shape index (κ1) is 52.3. The lowest BCUT2D eigenvalue weighted by Crippen LogP contribution is -2.23. The van der Waals surface area contributed by atoms with Gasteiger partial charge in [-0.05, 0) is 32.1 Å². The topological polar surface area (TPSA) is 26.4 Å². The lowest BCUT2D eigenvalue weighted by Gasteiger charge is -1.98. The van der Waals surface area contributed by atoms with Gasteiger partial charge in [0.2, 0.25) is 19.0 Å². The molecule has 0 spiro atoms. The van der Waals surface area contributed by atoms with E-state index in [1.807, 2.05) is 7.05 Å². The zero-order valence-electron chi connectivity index (χ0n) is 30.8. The van der Waals surface area contributed by atoms with Crippen LogP contribution in [0.1, 0.15) is 97.8 Å². The summed E-state index contributed by atoms with van der Waals surface area (Å²) in [4.78, 5) is 0. The third-order valence-corrected chi connectivity index (χ3v) is 6.28. The molecule has 0 atom stereocenters. The number of rotatable bonds is 15. The summed E-state index contributed by atoms with van der Waals surface area (Å²) < 4.78 is 130. The fourth-order valence-electron chi connectivity index (χ4n) is 4.04. The Morgan fingerprint density at radius 2 is 0.588 bits per heavy atom. The first-order valence-corrected chi connectivity index (χ1v) is 17.1. The van der Waals surface area contributed by atoms with Crippen LogP contribution in [0.5, 0.6) is 0 Å². The highest BCUT2D eigenvalue weighted by Gasteiger charge is 2.21. The highest BCUT2D eigenvalue weighted by molar-refractivity contribution is 6.50. The van der Waals surface area contributed by atoms with Crippen LogP contribution in [0.2, 0.25) is 0 Å². The number of hydrogen-bond acceptors (Lipinski definition) is 0. The number of aromatic nitrogens is 6. The molecule has 51 heavy (non-hydrogen) atoms. The Kier molecular flexibility index (Phi) is 31.4. The van der Waals surface area contributed by atoms with Gasteiger partial charge in [-0.1, -0.05) is 65.7 Å². The SMILES string of the molecule is CCCCCCCCn1cc[n+](C)c1.CCCCCCn1cc[n+](C)c1.CCCCn1cc[n+](C)c1.F[B-](F)(F)F.F[B-](F)(F)F.F[B-](F)(F)F. The van der Waals surface area contributed by atoms with E-state index in [2.05, 4.69) is 118 Å². The maximum absolute atomic E-state index is 9.75. The smallest absolute Gasteiger partial charge is 0.418 e. The Morgan fingerprint density at radius 3 is 0.824 bits per heavy atom. The predicted octanol–water partition coefficient (Wildman–Crippen LogP) is 9.58. The molecule has 6 nitrogen and oxygen atoms in total. The average Bonchev–Trinajstić information content (AvgIpc) is 3.71. The van der Waals surface area contributed by atoms with Gasteiger partial charge in [-0.3, -0.25) is 0 Å². The summed E-state index contributed by atoms with van der Waals surface area (Å²) >= 11 is 0. The largest absolute Gasteiger partial charge is 0.673 e. The van der Waals surface area contributed by atoms with Gasteiger partial charge in [0, 0.05) is 0 Å². The van der Waals surface area contributed by atoms with Crippen molar-refractivity contribution in [2.75, 3.05) is 0 Å². The molecule has 3 heterocycles. The third kappa shape index (κ3) is 53.9. The van der Waals surface area contributed by atoms with Crippen molar-refractivity contribution in [3.05, 3.63) is 56.2 Å². The summed E-state index contributed by atoms with van der Waals surface area (Å²) in [6.45, 7) is 10.2. The van der Waals surface area contributed by atoms with Gasteiger partial charge >= 0.3 is 21.8 Å². The normalized spacial score (nSPS) is 10.9. The summed E-state index contributed by atoms with van der Waals surface area (Å²) in [7, 11) is -11.8. The van der Waals surface area contributed by atoms with Crippen molar-refractivity contribution in [3.63, 3.8) is 0 Å². The van der Waals surface area contributed by atoms with Crippen molar-refractivity contribution in [2.45, 2.75) is 117 Å². The standard InChI is InChI=1S/C12H23N2.C10H19N2.C8H15N2.3BF4/c1-3-4-5-6-7-8-9-14-11-10-13(2)12-14;1-3-4-5-6-7-12-9-8-11(2)10-12;1-3-4-5-10-7-6-9(2)8-10;3*2-1(3,4)5/h10-12H,3-9H2,1-2H3;8-10H,3-7H2,1-2H3;6-8H,3-5H2,1-2H3;;;/q3*+1;3*-1. The summed E-state index contributed by atoms with van der Waals surface area (Å²) in [5.41, 5.74) is 0. The molecule has 3 aromatic rings. The molecule has 0 aliphatic heterocycles. The first-order valence-electron chi connectivity index (χ1n) is 17.1.